The molecule has 0 aliphatic carbocycles. The smallest absolute Gasteiger partial charge is 0.293 e. The third kappa shape index (κ3) is 2.82. The van der Waals surface area contributed by atoms with Crippen LogP contribution in [0.1, 0.15) is 29.3 Å². The van der Waals surface area contributed by atoms with E-state index in [0.717, 1.165) is 5.56 Å². The van der Waals surface area contributed by atoms with Crippen molar-refractivity contribution in [2.45, 2.75) is 25.8 Å². The largest absolute Gasteiger partial charge is 0.459 e. The molecule has 3 heterocycles. The van der Waals surface area contributed by atoms with Gasteiger partial charge in [0.1, 0.15) is 0 Å². The van der Waals surface area contributed by atoms with Crippen LogP contribution in [0.15, 0.2) is 51.6 Å². The summed E-state index contributed by atoms with van der Waals surface area (Å²) >= 11 is 0. The van der Waals surface area contributed by atoms with Crippen molar-refractivity contribution >= 4 is 5.91 Å². The maximum absolute atomic E-state index is 12.3. The first-order chi connectivity index (χ1) is 11.7. The average Bonchev–Trinajstić information content (AvgIpc) is 3.30. The molecule has 4 rings (SSSR count). The number of hydrogen-bond donors (Lipinski definition) is 0. The van der Waals surface area contributed by atoms with Gasteiger partial charge in [0, 0.05) is 25.4 Å². The maximum atomic E-state index is 12.3. The van der Waals surface area contributed by atoms with Crippen LogP contribution in [0, 0.1) is 6.92 Å². The molecule has 0 bridgehead atoms. The lowest BCUT2D eigenvalue weighted by molar-refractivity contribution is -0.128. The van der Waals surface area contributed by atoms with Gasteiger partial charge in [-0.2, -0.15) is 4.98 Å². The first kappa shape index (κ1) is 14.7. The number of furan rings is 1. The van der Waals surface area contributed by atoms with Crippen LogP contribution in [-0.4, -0.2) is 27.5 Å². The Labute approximate surface area is 139 Å². The summed E-state index contributed by atoms with van der Waals surface area (Å²) in [6, 6.07) is 11.8. The van der Waals surface area contributed by atoms with Gasteiger partial charge in [-0.3, -0.25) is 4.79 Å². The highest BCUT2D eigenvalue weighted by atomic mass is 16.5. The van der Waals surface area contributed by atoms with Crippen LogP contribution in [0.2, 0.25) is 0 Å². The quantitative estimate of drug-likeness (QED) is 0.737. The van der Waals surface area contributed by atoms with E-state index in [9.17, 15) is 4.79 Å². The molecule has 0 N–H and O–H groups in total. The third-order valence-electron chi connectivity index (χ3n) is 4.25. The predicted octanol–water partition coefficient (Wildman–Crippen LogP) is 3.15. The Balaban J connectivity index is 1.47. The van der Waals surface area contributed by atoms with Crippen molar-refractivity contribution in [3.8, 4) is 11.7 Å². The first-order valence-electron chi connectivity index (χ1n) is 7.90. The summed E-state index contributed by atoms with van der Waals surface area (Å²) in [6.45, 7) is 3.26. The van der Waals surface area contributed by atoms with Gasteiger partial charge in [0.25, 0.3) is 5.89 Å². The molecule has 1 amide bonds. The molecular formula is C18H17N3O3. The van der Waals surface area contributed by atoms with Crippen LogP contribution in [0.3, 0.4) is 0 Å². The molecule has 1 aromatic carbocycles. The molecule has 0 saturated carbocycles. The van der Waals surface area contributed by atoms with Crippen LogP contribution < -0.4 is 0 Å². The Kier molecular flexibility index (Phi) is 3.65. The van der Waals surface area contributed by atoms with Crippen molar-refractivity contribution in [2.75, 3.05) is 6.54 Å². The summed E-state index contributed by atoms with van der Waals surface area (Å²) in [4.78, 5) is 18.5. The molecule has 0 radical (unpaired) electrons. The van der Waals surface area contributed by atoms with Crippen molar-refractivity contribution < 1.29 is 13.7 Å². The zero-order valence-electron chi connectivity index (χ0n) is 13.3. The number of likely N-dealkylation sites (tertiary alicyclic amines) is 1. The molecule has 1 unspecified atom stereocenters. The highest BCUT2D eigenvalue weighted by Crippen LogP contribution is 2.29. The summed E-state index contributed by atoms with van der Waals surface area (Å²) < 4.78 is 10.5. The zero-order chi connectivity index (χ0) is 16.5. The highest BCUT2D eigenvalue weighted by molar-refractivity contribution is 5.79. The Hall–Kier alpha value is -2.89. The van der Waals surface area contributed by atoms with Crippen molar-refractivity contribution in [3.05, 3.63) is 59.6 Å². The zero-order valence-corrected chi connectivity index (χ0v) is 13.3. The van der Waals surface area contributed by atoms with Gasteiger partial charge in [-0.1, -0.05) is 35.0 Å². The van der Waals surface area contributed by atoms with E-state index in [0.29, 0.717) is 37.0 Å². The third-order valence-corrected chi connectivity index (χ3v) is 4.25. The fraction of sp³-hybridized carbons (Fsp3) is 0.278. The highest BCUT2D eigenvalue weighted by Gasteiger charge is 2.33. The number of benzene rings is 1. The molecule has 1 aliphatic rings. The average molecular weight is 323 g/mol. The monoisotopic (exact) mass is 323 g/mol. The number of rotatable bonds is 4. The number of carbonyl (C=O) groups is 1. The van der Waals surface area contributed by atoms with Gasteiger partial charge >= 0.3 is 0 Å². The van der Waals surface area contributed by atoms with Crippen LogP contribution in [-0.2, 0) is 11.3 Å². The Morgan fingerprint density at radius 2 is 2.08 bits per heavy atom. The Morgan fingerprint density at radius 3 is 2.83 bits per heavy atom. The maximum Gasteiger partial charge on any atom is 0.293 e. The summed E-state index contributed by atoms with van der Waals surface area (Å²) in [5, 5.41) is 4.02. The van der Waals surface area contributed by atoms with E-state index in [1.54, 1.807) is 18.4 Å². The van der Waals surface area contributed by atoms with Gasteiger partial charge in [-0.05, 0) is 24.6 Å². The van der Waals surface area contributed by atoms with E-state index in [4.69, 9.17) is 8.94 Å². The molecule has 2 aromatic heterocycles. The number of carbonyl (C=O) groups excluding carboxylic acids is 1. The predicted molar refractivity (Wildman–Crippen MR) is 86.0 cm³/mol. The molecular weight excluding hydrogens is 306 g/mol. The van der Waals surface area contributed by atoms with Crippen molar-refractivity contribution in [3.63, 3.8) is 0 Å². The minimum absolute atomic E-state index is 0.0459. The van der Waals surface area contributed by atoms with E-state index in [1.165, 1.54) is 5.56 Å². The fourth-order valence-corrected chi connectivity index (χ4v) is 2.91. The molecule has 1 aliphatic heterocycles. The summed E-state index contributed by atoms with van der Waals surface area (Å²) in [6.07, 6.45) is 1.96. The molecule has 0 spiro atoms. The van der Waals surface area contributed by atoms with E-state index in [1.807, 2.05) is 11.8 Å². The number of aryl methyl sites for hydroxylation is 1. The fourth-order valence-electron chi connectivity index (χ4n) is 2.91. The van der Waals surface area contributed by atoms with Gasteiger partial charge < -0.3 is 13.8 Å². The van der Waals surface area contributed by atoms with Gasteiger partial charge in [0.2, 0.25) is 5.91 Å². The van der Waals surface area contributed by atoms with Gasteiger partial charge in [0.15, 0.2) is 11.6 Å². The lowest BCUT2D eigenvalue weighted by Gasteiger charge is -2.16. The van der Waals surface area contributed by atoms with E-state index < -0.39 is 0 Å². The molecule has 1 saturated heterocycles. The Morgan fingerprint density at radius 1 is 1.25 bits per heavy atom. The number of nitrogens with zero attached hydrogens (tertiary/aromatic N) is 3. The topological polar surface area (TPSA) is 72.4 Å². The molecule has 24 heavy (non-hydrogen) atoms. The number of amides is 1. The second-order valence-corrected chi connectivity index (χ2v) is 6.10. The number of aromatic nitrogens is 2. The second kappa shape index (κ2) is 5.96. The molecule has 6 nitrogen and oxygen atoms in total. The molecule has 6 heteroatoms. The van der Waals surface area contributed by atoms with Crippen LogP contribution in [0.25, 0.3) is 11.7 Å². The van der Waals surface area contributed by atoms with Gasteiger partial charge in [0.05, 0.1) is 6.26 Å². The van der Waals surface area contributed by atoms with E-state index >= 15 is 0 Å². The first-order valence-corrected chi connectivity index (χ1v) is 7.90. The lowest BCUT2D eigenvalue weighted by Crippen LogP contribution is -2.24. The van der Waals surface area contributed by atoms with Crippen molar-refractivity contribution in [2.24, 2.45) is 0 Å². The van der Waals surface area contributed by atoms with Gasteiger partial charge in [-0.15, -0.1) is 0 Å². The standard InChI is InChI=1S/C18H17N3O3/c1-12-4-6-13(7-5-12)10-21-11-14(9-16(21)22)17-19-18(24-20-17)15-3-2-8-23-15/h2-8,14H,9-11H2,1H3. The summed E-state index contributed by atoms with van der Waals surface area (Å²) in [7, 11) is 0. The van der Waals surface area contributed by atoms with Crippen LogP contribution >= 0.6 is 0 Å². The normalized spacial score (nSPS) is 17.6. The minimum Gasteiger partial charge on any atom is -0.459 e. The molecule has 122 valence electrons. The Bertz CT molecular complexity index is 837. The van der Waals surface area contributed by atoms with Crippen LogP contribution in [0.5, 0.6) is 0 Å². The van der Waals surface area contributed by atoms with E-state index in [-0.39, 0.29) is 11.8 Å². The van der Waals surface area contributed by atoms with Crippen LogP contribution in [0.4, 0.5) is 0 Å². The molecule has 3 aromatic rings. The lowest BCUT2D eigenvalue weighted by atomic mass is 10.1. The number of hydrogen-bond acceptors (Lipinski definition) is 5. The molecule has 1 atom stereocenters. The van der Waals surface area contributed by atoms with Gasteiger partial charge in [-0.25, -0.2) is 0 Å². The minimum atomic E-state index is -0.0459. The second-order valence-electron chi connectivity index (χ2n) is 6.10. The summed E-state index contributed by atoms with van der Waals surface area (Å²) in [5.74, 6) is 1.51. The summed E-state index contributed by atoms with van der Waals surface area (Å²) in [5.41, 5.74) is 2.33. The van der Waals surface area contributed by atoms with E-state index in [2.05, 4.69) is 34.4 Å². The SMILES string of the molecule is Cc1ccc(CN2CC(c3noc(-c4ccco4)n3)CC2=O)cc1. The molecule has 1 fully saturated rings. The van der Waals surface area contributed by atoms with Crippen molar-refractivity contribution in [1.29, 1.82) is 0 Å². The van der Waals surface area contributed by atoms with Crippen molar-refractivity contribution in [1.82, 2.24) is 15.0 Å².